The van der Waals surface area contributed by atoms with Crippen LogP contribution in [0.2, 0.25) is 0 Å². The van der Waals surface area contributed by atoms with Gasteiger partial charge in [0.05, 0.1) is 0 Å². The van der Waals surface area contributed by atoms with Crippen molar-refractivity contribution < 1.29 is 0 Å². The van der Waals surface area contributed by atoms with Crippen molar-refractivity contribution >= 4 is 0 Å². The Labute approximate surface area is 120 Å². The maximum atomic E-state index is 5.46. The number of terminal acetylenes is 1. The third-order valence-corrected chi connectivity index (χ3v) is 4.43. The topological polar surface area (TPSA) is 12.0 Å². The zero-order chi connectivity index (χ0) is 13.8. The molecule has 110 valence electrons. The fourth-order valence-electron chi connectivity index (χ4n) is 3.13. The maximum absolute atomic E-state index is 5.46. The Hall–Kier alpha value is -0.480. The van der Waals surface area contributed by atoms with Gasteiger partial charge in [-0.15, -0.1) is 12.3 Å². The fraction of sp³-hybridized carbons (Fsp3) is 0.889. The van der Waals surface area contributed by atoms with Crippen molar-refractivity contribution in [1.29, 1.82) is 0 Å². The summed E-state index contributed by atoms with van der Waals surface area (Å²) in [5.41, 5.74) is 0. The lowest BCUT2D eigenvalue weighted by Gasteiger charge is -2.24. The minimum atomic E-state index is 0.530. The van der Waals surface area contributed by atoms with Gasteiger partial charge in [0, 0.05) is 18.5 Å². The molecule has 0 aromatic carbocycles. The zero-order valence-corrected chi connectivity index (χ0v) is 12.9. The Kier molecular flexibility index (Phi) is 9.91. The summed E-state index contributed by atoms with van der Waals surface area (Å²) in [7, 11) is 0. The van der Waals surface area contributed by atoms with Crippen LogP contribution in [0.3, 0.4) is 0 Å². The smallest absolute Gasteiger partial charge is 0.0240 e. The first-order valence-electron chi connectivity index (χ1n) is 8.56. The third-order valence-electron chi connectivity index (χ3n) is 4.43. The van der Waals surface area contributed by atoms with Gasteiger partial charge in [0.2, 0.25) is 0 Å². The molecule has 0 spiro atoms. The summed E-state index contributed by atoms with van der Waals surface area (Å²) in [6, 6.07) is 1.24. The Balaban J connectivity index is 2.35. The normalized spacial score (nSPS) is 21.9. The predicted molar refractivity (Wildman–Crippen MR) is 85.2 cm³/mol. The molecule has 1 rings (SSSR count). The van der Waals surface area contributed by atoms with Crippen LogP contribution < -0.4 is 5.32 Å². The monoisotopic (exact) mass is 263 g/mol. The van der Waals surface area contributed by atoms with E-state index in [-0.39, 0.29) is 0 Å². The highest BCUT2D eigenvalue weighted by molar-refractivity contribution is 4.90. The number of hydrogen-bond acceptors (Lipinski definition) is 1. The highest BCUT2D eigenvalue weighted by Gasteiger charge is 2.13. The van der Waals surface area contributed by atoms with Gasteiger partial charge in [-0.25, -0.2) is 0 Å². The van der Waals surface area contributed by atoms with E-state index >= 15 is 0 Å². The Morgan fingerprint density at radius 1 is 0.947 bits per heavy atom. The molecule has 1 aliphatic rings. The summed E-state index contributed by atoms with van der Waals surface area (Å²) in [5.74, 6) is 2.81. The number of rotatable bonds is 4. The highest BCUT2D eigenvalue weighted by atomic mass is 14.9. The van der Waals surface area contributed by atoms with E-state index in [9.17, 15) is 0 Å². The van der Waals surface area contributed by atoms with E-state index in [2.05, 4.69) is 18.2 Å². The molecule has 0 radical (unpaired) electrons. The molecule has 0 saturated heterocycles. The lowest BCUT2D eigenvalue weighted by molar-refractivity contribution is 0.358. The van der Waals surface area contributed by atoms with E-state index in [0.29, 0.717) is 12.1 Å². The molecular weight excluding hydrogens is 230 g/mol. The molecule has 1 heteroatoms. The molecule has 1 N–H and O–H groups in total. The second-order valence-electron chi connectivity index (χ2n) is 6.14. The van der Waals surface area contributed by atoms with Crippen molar-refractivity contribution in [2.45, 2.75) is 102 Å². The molecule has 1 saturated carbocycles. The summed E-state index contributed by atoms with van der Waals surface area (Å²) >= 11 is 0. The average molecular weight is 263 g/mol. The van der Waals surface area contributed by atoms with Gasteiger partial charge in [-0.3, -0.25) is 0 Å². The molecule has 0 bridgehead atoms. The van der Waals surface area contributed by atoms with E-state index in [1.165, 1.54) is 70.6 Å². The van der Waals surface area contributed by atoms with Crippen LogP contribution in [0.1, 0.15) is 90.4 Å². The van der Waals surface area contributed by atoms with E-state index in [0.717, 1.165) is 12.8 Å². The van der Waals surface area contributed by atoms with Gasteiger partial charge in [0.15, 0.2) is 0 Å². The lowest BCUT2D eigenvalue weighted by atomic mass is 9.97. The summed E-state index contributed by atoms with van der Waals surface area (Å²) in [6.07, 6.45) is 23.1. The fourth-order valence-corrected chi connectivity index (χ4v) is 3.13. The molecule has 19 heavy (non-hydrogen) atoms. The van der Waals surface area contributed by atoms with Gasteiger partial charge in [-0.2, -0.15) is 0 Å². The molecule has 0 aromatic rings. The van der Waals surface area contributed by atoms with E-state index in [1.54, 1.807) is 0 Å². The number of hydrogen-bond donors (Lipinski definition) is 1. The molecule has 1 atom stereocenters. The molecule has 0 aromatic heterocycles. The van der Waals surface area contributed by atoms with Crippen molar-refractivity contribution in [1.82, 2.24) is 5.32 Å². The van der Waals surface area contributed by atoms with Crippen LogP contribution in [0.4, 0.5) is 0 Å². The van der Waals surface area contributed by atoms with Crippen LogP contribution in [0.15, 0.2) is 0 Å². The largest absolute Gasteiger partial charge is 0.310 e. The number of nitrogens with one attached hydrogen (secondary N) is 1. The van der Waals surface area contributed by atoms with Crippen LogP contribution >= 0.6 is 0 Å². The van der Waals surface area contributed by atoms with Crippen LogP contribution in [0.5, 0.6) is 0 Å². The predicted octanol–water partition coefficient (Wildman–Crippen LogP) is 5.05. The molecule has 0 aliphatic heterocycles. The first kappa shape index (κ1) is 16.6. The standard InChI is InChI=1S/C18H33N/c1-3-14-17(4-2)19-18-15-12-10-8-6-5-7-9-11-13-16-18/h1,17-19H,4-16H2,2H3. The van der Waals surface area contributed by atoms with Gasteiger partial charge in [-0.1, -0.05) is 64.7 Å². The molecule has 1 aliphatic carbocycles. The Bertz CT molecular complexity index is 229. The van der Waals surface area contributed by atoms with Gasteiger partial charge in [0.25, 0.3) is 0 Å². The first-order chi connectivity index (χ1) is 9.36. The van der Waals surface area contributed by atoms with E-state index < -0.39 is 0 Å². The molecule has 1 fully saturated rings. The first-order valence-corrected chi connectivity index (χ1v) is 8.56. The van der Waals surface area contributed by atoms with Crippen molar-refractivity contribution in [2.24, 2.45) is 0 Å². The van der Waals surface area contributed by atoms with Crippen LogP contribution in [-0.4, -0.2) is 12.1 Å². The van der Waals surface area contributed by atoms with Crippen molar-refractivity contribution in [3.63, 3.8) is 0 Å². The van der Waals surface area contributed by atoms with E-state index in [1.807, 2.05) is 0 Å². The Morgan fingerprint density at radius 2 is 1.42 bits per heavy atom. The average Bonchev–Trinajstić information content (AvgIpc) is 2.41. The Morgan fingerprint density at radius 3 is 1.84 bits per heavy atom. The summed E-state index contributed by atoms with van der Waals surface area (Å²) in [4.78, 5) is 0. The summed E-state index contributed by atoms with van der Waals surface area (Å²) in [6.45, 7) is 2.24. The molecule has 0 amide bonds. The maximum Gasteiger partial charge on any atom is 0.0240 e. The van der Waals surface area contributed by atoms with Gasteiger partial charge < -0.3 is 5.32 Å². The SMILES string of the molecule is C#CCC(CC)NC1CCCCCCCCCCC1. The second kappa shape index (κ2) is 11.4. The zero-order valence-electron chi connectivity index (χ0n) is 12.9. The second-order valence-corrected chi connectivity index (χ2v) is 6.14. The van der Waals surface area contributed by atoms with Crippen LogP contribution in [0.25, 0.3) is 0 Å². The van der Waals surface area contributed by atoms with Crippen molar-refractivity contribution in [3.8, 4) is 12.3 Å². The van der Waals surface area contributed by atoms with Gasteiger partial charge in [-0.05, 0) is 19.3 Å². The van der Waals surface area contributed by atoms with Crippen LogP contribution in [0, 0.1) is 12.3 Å². The van der Waals surface area contributed by atoms with Gasteiger partial charge >= 0.3 is 0 Å². The highest BCUT2D eigenvalue weighted by Crippen LogP contribution is 2.17. The molecule has 1 nitrogen and oxygen atoms in total. The van der Waals surface area contributed by atoms with Crippen molar-refractivity contribution in [2.75, 3.05) is 0 Å². The van der Waals surface area contributed by atoms with Crippen molar-refractivity contribution in [3.05, 3.63) is 0 Å². The van der Waals surface area contributed by atoms with Crippen LogP contribution in [-0.2, 0) is 0 Å². The molecule has 0 heterocycles. The van der Waals surface area contributed by atoms with E-state index in [4.69, 9.17) is 6.42 Å². The summed E-state index contributed by atoms with van der Waals surface area (Å²) in [5, 5.41) is 3.82. The minimum absolute atomic E-state index is 0.530. The molecule has 1 unspecified atom stereocenters. The quantitative estimate of drug-likeness (QED) is 0.700. The minimum Gasteiger partial charge on any atom is -0.310 e. The van der Waals surface area contributed by atoms with Gasteiger partial charge in [0.1, 0.15) is 0 Å². The molecular formula is C18H33N. The summed E-state index contributed by atoms with van der Waals surface area (Å²) < 4.78 is 0. The lowest BCUT2D eigenvalue weighted by Crippen LogP contribution is -2.37. The third kappa shape index (κ3) is 8.32.